The molecule has 0 radical (unpaired) electrons. The molecule has 0 unspecified atom stereocenters. The van der Waals surface area contributed by atoms with E-state index < -0.39 is 0 Å². The molecule has 0 saturated carbocycles. The molecule has 1 N–H and O–H groups in total. The molecule has 1 heterocycles. The molecule has 1 aliphatic rings. The summed E-state index contributed by atoms with van der Waals surface area (Å²) in [7, 11) is 0. The van der Waals surface area contributed by atoms with Gasteiger partial charge < -0.3 is 5.32 Å². The van der Waals surface area contributed by atoms with Gasteiger partial charge >= 0.3 is 0 Å². The normalized spacial score (nSPS) is 18.2. The summed E-state index contributed by atoms with van der Waals surface area (Å²) < 4.78 is 1.11. The highest BCUT2D eigenvalue weighted by Gasteiger charge is 2.23. The van der Waals surface area contributed by atoms with E-state index >= 15 is 0 Å². The molecule has 3 nitrogen and oxygen atoms in total. The molecule has 1 saturated heterocycles. The van der Waals surface area contributed by atoms with Crippen LogP contribution in [0, 0.1) is 3.57 Å². The maximum Gasteiger partial charge on any atom is 0.264 e. The summed E-state index contributed by atoms with van der Waals surface area (Å²) in [6, 6.07) is 17.6. The summed E-state index contributed by atoms with van der Waals surface area (Å²) in [5, 5.41) is 3.41. The Bertz CT molecular complexity index is 741. The van der Waals surface area contributed by atoms with E-state index in [0.29, 0.717) is 10.1 Å². The third kappa shape index (κ3) is 3.74. The van der Waals surface area contributed by atoms with Crippen molar-refractivity contribution in [3.8, 4) is 0 Å². The Balaban J connectivity index is 1.83. The minimum Gasteiger partial charge on any atom is -0.300 e. The first kappa shape index (κ1) is 14.3. The molecule has 104 valence electrons. The van der Waals surface area contributed by atoms with E-state index in [9.17, 15) is 4.79 Å². The van der Waals surface area contributed by atoms with Gasteiger partial charge in [0.2, 0.25) is 0 Å². The van der Waals surface area contributed by atoms with Crippen LogP contribution >= 0.6 is 34.4 Å². The zero-order valence-corrected chi connectivity index (χ0v) is 13.9. The van der Waals surface area contributed by atoms with Gasteiger partial charge in [-0.2, -0.15) is 0 Å². The molecule has 5 heteroatoms. The first-order chi connectivity index (χ1) is 10.2. The van der Waals surface area contributed by atoms with Gasteiger partial charge in [-0.1, -0.05) is 36.4 Å². The number of nitrogens with one attached hydrogen (secondary N) is 1. The molecule has 1 aliphatic heterocycles. The predicted octanol–water partition coefficient (Wildman–Crippen LogP) is 4.18. The SMILES string of the molecule is O=C1NC(=Nc2cccc(I)c2)S/C1=C/c1ccccc1. The third-order valence-electron chi connectivity index (χ3n) is 2.79. The Morgan fingerprint density at radius 1 is 1.10 bits per heavy atom. The first-order valence-corrected chi connectivity index (χ1v) is 8.20. The van der Waals surface area contributed by atoms with E-state index in [1.165, 1.54) is 11.8 Å². The number of benzene rings is 2. The highest BCUT2D eigenvalue weighted by molar-refractivity contribution is 14.1. The van der Waals surface area contributed by atoms with Gasteiger partial charge in [0.05, 0.1) is 10.6 Å². The number of amides is 1. The van der Waals surface area contributed by atoms with E-state index in [4.69, 9.17) is 0 Å². The second-order valence-corrected chi connectivity index (χ2v) is 6.65. The smallest absolute Gasteiger partial charge is 0.264 e. The highest BCUT2D eigenvalue weighted by Crippen LogP contribution is 2.28. The predicted molar refractivity (Wildman–Crippen MR) is 96.4 cm³/mol. The average Bonchev–Trinajstić information content (AvgIpc) is 2.80. The standard InChI is InChI=1S/C16H11IN2OS/c17-12-7-4-8-13(10-12)18-16-19-15(20)14(21-16)9-11-5-2-1-3-6-11/h1-10H,(H,18,19,20)/b14-9+. The van der Waals surface area contributed by atoms with Gasteiger partial charge in [-0.25, -0.2) is 4.99 Å². The van der Waals surface area contributed by atoms with Crippen LogP contribution in [0.4, 0.5) is 5.69 Å². The van der Waals surface area contributed by atoms with Crippen LogP contribution in [0.1, 0.15) is 5.56 Å². The zero-order valence-electron chi connectivity index (χ0n) is 10.9. The van der Waals surface area contributed by atoms with E-state index in [1.807, 2.05) is 60.7 Å². The van der Waals surface area contributed by atoms with Crippen molar-refractivity contribution < 1.29 is 4.79 Å². The van der Waals surface area contributed by atoms with Crippen molar-refractivity contribution in [3.05, 3.63) is 68.6 Å². The fraction of sp³-hybridized carbons (Fsp3) is 0. The molecule has 2 aromatic rings. The Kier molecular flexibility index (Phi) is 4.40. The maximum absolute atomic E-state index is 12.0. The summed E-state index contributed by atoms with van der Waals surface area (Å²) in [5.74, 6) is -0.103. The number of amidine groups is 1. The lowest BCUT2D eigenvalue weighted by atomic mass is 10.2. The van der Waals surface area contributed by atoms with Crippen LogP contribution < -0.4 is 5.32 Å². The van der Waals surface area contributed by atoms with Crippen LogP contribution in [0.2, 0.25) is 0 Å². The summed E-state index contributed by atoms with van der Waals surface area (Å²) in [4.78, 5) is 17.1. The molecule has 0 aliphatic carbocycles. The van der Waals surface area contributed by atoms with E-state index in [0.717, 1.165) is 14.8 Å². The summed E-state index contributed by atoms with van der Waals surface area (Å²) >= 11 is 3.60. The summed E-state index contributed by atoms with van der Waals surface area (Å²) in [5.41, 5.74) is 1.84. The largest absolute Gasteiger partial charge is 0.300 e. The first-order valence-electron chi connectivity index (χ1n) is 6.31. The quantitative estimate of drug-likeness (QED) is 0.601. The van der Waals surface area contributed by atoms with Crippen LogP contribution in [-0.2, 0) is 4.79 Å². The van der Waals surface area contributed by atoms with Crippen molar-refractivity contribution in [1.29, 1.82) is 0 Å². The number of nitrogens with zero attached hydrogens (tertiary/aromatic N) is 1. The molecule has 0 spiro atoms. The van der Waals surface area contributed by atoms with Crippen molar-refractivity contribution >= 4 is 57.2 Å². The van der Waals surface area contributed by atoms with E-state index in [-0.39, 0.29) is 5.91 Å². The molecule has 1 amide bonds. The van der Waals surface area contributed by atoms with Gasteiger partial charge in [0.15, 0.2) is 5.17 Å². The summed E-state index contributed by atoms with van der Waals surface area (Å²) in [6.45, 7) is 0. The second kappa shape index (κ2) is 6.44. The van der Waals surface area contributed by atoms with Crippen LogP contribution in [-0.4, -0.2) is 11.1 Å². The van der Waals surface area contributed by atoms with Gasteiger partial charge in [0.25, 0.3) is 5.91 Å². The molecule has 21 heavy (non-hydrogen) atoms. The van der Waals surface area contributed by atoms with Crippen molar-refractivity contribution in [1.82, 2.24) is 5.32 Å². The third-order valence-corrected chi connectivity index (χ3v) is 4.37. The number of thioether (sulfide) groups is 1. The highest BCUT2D eigenvalue weighted by atomic mass is 127. The Labute approximate surface area is 140 Å². The number of hydrogen-bond acceptors (Lipinski definition) is 3. The molecule has 0 atom stereocenters. The van der Waals surface area contributed by atoms with Gasteiger partial charge in [-0.15, -0.1) is 0 Å². The number of halogens is 1. The van der Waals surface area contributed by atoms with Gasteiger partial charge in [0, 0.05) is 3.57 Å². The Hall–Kier alpha value is -1.60. The number of carbonyl (C=O) groups is 1. The molecule has 2 aromatic carbocycles. The Morgan fingerprint density at radius 2 is 1.90 bits per heavy atom. The van der Waals surface area contributed by atoms with Crippen molar-refractivity contribution in [2.24, 2.45) is 4.99 Å². The number of carbonyl (C=O) groups excluding carboxylic acids is 1. The van der Waals surface area contributed by atoms with Crippen LogP contribution in [0.15, 0.2) is 64.5 Å². The van der Waals surface area contributed by atoms with Gasteiger partial charge in [0.1, 0.15) is 0 Å². The Morgan fingerprint density at radius 3 is 2.67 bits per heavy atom. The average molecular weight is 406 g/mol. The summed E-state index contributed by atoms with van der Waals surface area (Å²) in [6.07, 6.45) is 1.87. The van der Waals surface area contributed by atoms with Crippen LogP contribution in [0.3, 0.4) is 0 Å². The fourth-order valence-corrected chi connectivity index (χ4v) is 3.21. The minimum absolute atomic E-state index is 0.103. The fourth-order valence-electron chi connectivity index (χ4n) is 1.84. The molecule has 1 fully saturated rings. The number of aliphatic imine (C=N–C) groups is 1. The minimum atomic E-state index is -0.103. The molecule has 0 aromatic heterocycles. The maximum atomic E-state index is 12.0. The van der Waals surface area contributed by atoms with E-state index in [2.05, 4.69) is 32.9 Å². The topological polar surface area (TPSA) is 41.5 Å². The molecular weight excluding hydrogens is 395 g/mol. The van der Waals surface area contributed by atoms with Crippen molar-refractivity contribution in [2.45, 2.75) is 0 Å². The van der Waals surface area contributed by atoms with Crippen molar-refractivity contribution in [2.75, 3.05) is 0 Å². The molecule has 3 rings (SSSR count). The number of rotatable bonds is 2. The number of hydrogen-bond donors (Lipinski definition) is 1. The zero-order chi connectivity index (χ0) is 14.7. The van der Waals surface area contributed by atoms with Crippen molar-refractivity contribution in [3.63, 3.8) is 0 Å². The monoisotopic (exact) mass is 406 g/mol. The molecular formula is C16H11IN2OS. The lowest BCUT2D eigenvalue weighted by Gasteiger charge is -1.96. The van der Waals surface area contributed by atoms with Crippen LogP contribution in [0.5, 0.6) is 0 Å². The lowest BCUT2D eigenvalue weighted by molar-refractivity contribution is -0.115. The van der Waals surface area contributed by atoms with Gasteiger partial charge in [-0.3, -0.25) is 4.79 Å². The lowest BCUT2D eigenvalue weighted by Crippen LogP contribution is -2.19. The van der Waals surface area contributed by atoms with Gasteiger partial charge in [-0.05, 0) is 64.2 Å². The van der Waals surface area contributed by atoms with Crippen LogP contribution in [0.25, 0.3) is 6.08 Å². The second-order valence-electron chi connectivity index (χ2n) is 4.37. The van der Waals surface area contributed by atoms with E-state index in [1.54, 1.807) is 0 Å². The molecule has 0 bridgehead atoms.